The summed E-state index contributed by atoms with van der Waals surface area (Å²) >= 11 is 1.58. The van der Waals surface area contributed by atoms with Gasteiger partial charge in [0.2, 0.25) is 0 Å². The summed E-state index contributed by atoms with van der Waals surface area (Å²) in [5.41, 5.74) is 2.89. The zero-order valence-corrected chi connectivity index (χ0v) is 10.8. The lowest BCUT2D eigenvalue weighted by atomic mass is 9.92. The molecule has 1 heterocycles. The monoisotopic (exact) mass is 254 g/mol. The molecule has 1 saturated carbocycles. The van der Waals surface area contributed by atoms with Gasteiger partial charge in [-0.2, -0.15) is 0 Å². The van der Waals surface area contributed by atoms with E-state index in [1.165, 1.54) is 17.5 Å². The minimum absolute atomic E-state index is 0.257. The lowest BCUT2D eigenvalue weighted by Crippen LogP contribution is -2.01. The van der Waals surface area contributed by atoms with Gasteiger partial charge in [0.05, 0.1) is 4.88 Å². The van der Waals surface area contributed by atoms with E-state index in [1.54, 1.807) is 11.3 Å². The van der Waals surface area contributed by atoms with Crippen molar-refractivity contribution in [1.82, 2.24) is 0 Å². The van der Waals surface area contributed by atoms with E-state index < -0.39 is 0 Å². The van der Waals surface area contributed by atoms with Crippen LogP contribution in [0.4, 0.5) is 0 Å². The van der Waals surface area contributed by atoms with E-state index >= 15 is 0 Å². The number of carbonyl (C=O) groups excluding carboxylic acids is 1. The van der Waals surface area contributed by atoms with Crippen molar-refractivity contribution in [3.63, 3.8) is 0 Å². The van der Waals surface area contributed by atoms with Crippen molar-refractivity contribution in [1.29, 1.82) is 0 Å². The van der Waals surface area contributed by atoms with Gasteiger partial charge in [-0.3, -0.25) is 4.79 Å². The molecule has 1 aromatic heterocycles. The Morgan fingerprint density at radius 1 is 1.17 bits per heavy atom. The summed E-state index contributed by atoms with van der Waals surface area (Å²) in [6.07, 6.45) is 2.33. The van der Waals surface area contributed by atoms with Crippen LogP contribution in [-0.2, 0) is 6.42 Å². The van der Waals surface area contributed by atoms with E-state index in [9.17, 15) is 4.79 Å². The van der Waals surface area contributed by atoms with E-state index in [-0.39, 0.29) is 5.92 Å². The highest BCUT2D eigenvalue weighted by Gasteiger charge is 2.56. The number of thiophene rings is 1. The maximum atomic E-state index is 12.5. The quantitative estimate of drug-likeness (QED) is 0.743. The number of rotatable bonds is 2. The fourth-order valence-electron chi connectivity index (χ4n) is 3.51. The van der Waals surface area contributed by atoms with Crippen molar-refractivity contribution in [2.24, 2.45) is 11.8 Å². The van der Waals surface area contributed by atoms with Gasteiger partial charge in [0, 0.05) is 5.92 Å². The molecule has 18 heavy (non-hydrogen) atoms. The number of hydrogen-bond acceptors (Lipinski definition) is 2. The maximum absolute atomic E-state index is 12.5. The largest absolute Gasteiger partial charge is 0.293 e. The smallest absolute Gasteiger partial charge is 0.176 e. The van der Waals surface area contributed by atoms with Crippen LogP contribution >= 0.6 is 11.3 Å². The van der Waals surface area contributed by atoms with Gasteiger partial charge in [0.1, 0.15) is 0 Å². The second-order valence-corrected chi connectivity index (χ2v) is 6.24. The zero-order valence-electron chi connectivity index (χ0n) is 10.0. The minimum atomic E-state index is 0.257. The van der Waals surface area contributed by atoms with Crippen LogP contribution in [-0.4, -0.2) is 5.78 Å². The summed E-state index contributed by atoms with van der Waals surface area (Å²) in [6.45, 7) is 0. The van der Waals surface area contributed by atoms with Crippen LogP contribution in [0.15, 0.2) is 41.8 Å². The highest BCUT2D eigenvalue weighted by Crippen LogP contribution is 2.60. The van der Waals surface area contributed by atoms with Crippen LogP contribution in [0.5, 0.6) is 0 Å². The summed E-state index contributed by atoms with van der Waals surface area (Å²) in [5.74, 6) is 1.74. The Balaban J connectivity index is 1.67. The van der Waals surface area contributed by atoms with Gasteiger partial charge in [-0.15, -0.1) is 11.3 Å². The van der Waals surface area contributed by atoms with Crippen molar-refractivity contribution in [3.05, 3.63) is 57.8 Å². The van der Waals surface area contributed by atoms with Crippen molar-refractivity contribution < 1.29 is 4.79 Å². The Morgan fingerprint density at radius 3 is 2.89 bits per heavy atom. The number of aryl methyl sites for hydroxylation is 1. The van der Waals surface area contributed by atoms with E-state index in [0.29, 0.717) is 17.6 Å². The number of hydrogen-bond donors (Lipinski definition) is 0. The Labute approximate surface area is 110 Å². The molecule has 1 fully saturated rings. The SMILES string of the molecule is O=C(c1cccs1)C1C2CCc3ccccc3C21. The molecule has 2 aliphatic rings. The third-order valence-electron chi connectivity index (χ3n) is 4.40. The highest BCUT2D eigenvalue weighted by atomic mass is 32.1. The summed E-state index contributed by atoms with van der Waals surface area (Å²) in [4.78, 5) is 13.4. The lowest BCUT2D eigenvalue weighted by molar-refractivity contribution is 0.0963. The normalized spacial score (nSPS) is 28.3. The summed E-state index contributed by atoms with van der Waals surface area (Å²) in [6, 6.07) is 12.6. The van der Waals surface area contributed by atoms with Gasteiger partial charge in [-0.25, -0.2) is 0 Å². The molecule has 3 atom stereocenters. The summed E-state index contributed by atoms with van der Waals surface area (Å²) in [5, 5.41) is 1.99. The molecule has 2 aromatic rings. The van der Waals surface area contributed by atoms with Gasteiger partial charge in [-0.05, 0) is 47.3 Å². The van der Waals surface area contributed by atoms with Gasteiger partial charge >= 0.3 is 0 Å². The van der Waals surface area contributed by atoms with Crippen LogP contribution in [0.2, 0.25) is 0 Å². The zero-order chi connectivity index (χ0) is 12.1. The summed E-state index contributed by atoms with van der Waals surface area (Å²) in [7, 11) is 0. The second kappa shape index (κ2) is 3.79. The van der Waals surface area contributed by atoms with E-state index in [0.717, 1.165) is 11.3 Å². The van der Waals surface area contributed by atoms with Crippen molar-refractivity contribution in [2.45, 2.75) is 18.8 Å². The predicted molar refractivity (Wildman–Crippen MR) is 73.1 cm³/mol. The van der Waals surface area contributed by atoms with Crippen LogP contribution < -0.4 is 0 Å². The lowest BCUT2D eigenvalue weighted by Gasteiger charge is -2.13. The first kappa shape index (κ1) is 10.5. The number of ketones is 1. The Hall–Kier alpha value is -1.41. The number of fused-ring (bicyclic) bond motifs is 3. The molecule has 0 spiro atoms. The topological polar surface area (TPSA) is 17.1 Å². The molecule has 2 aliphatic carbocycles. The average Bonchev–Trinajstić information content (AvgIpc) is 2.89. The molecule has 0 saturated heterocycles. The highest BCUT2D eigenvalue weighted by molar-refractivity contribution is 7.12. The van der Waals surface area contributed by atoms with Crippen LogP contribution in [0.3, 0.4) is 0 Å². The molecule has 3 unspecified atom stereocenters. The standard InChI is InChI=1S/C16H14OS/c17-16(13-6-3-9-18-13)15-12-8-7-10-4-1-2-5-11(10)14(12)15/h1-6,9,12,14-15H,7-8H2. The van der Waals surface area contributed by atoms with E-state index in [2.05, 4.69) is 24.3 Å². The molecule has 2 heteroatoms. The molecule has 0 aliphatic heterocycles. The minimum Gasteiger partial charge on any atom is -0.293 e. The number of benzene rings is 1. The Morgan fingerprint density at radius 2 is 2.06 bits per heavy atom. The number of Topliss-reactive ketones (excluding diaryl/α,β-unsaturated/α-hetero) is 1. The average molecular weight is 254 g/mol. The molecule has 0 amide bonds. The molecule has 4 rings (SSSR count). The molecule has 0 radical (unpaired) electrons. The van der Waals surface area contributed by atoms with Crippen molar-refractivity contribution in [3.8, 4) is 0 Å². The predicted octanol–water partition coefficient (Wildman–Crippen LogP) is 3.91. The van der Waals surface area contributed by atoms with Crippen molar-refractivity contribution in [2.75, 3.05) is 0 Å². The van der Waals surface area contributed by atoms with Crippen LogP contribution in [0.1, 0.15) is 33.1 Å². The third kappa shape index (κ3) is 1.42. The fraction of sp³-hybridized carbons (Fsp3) is 0.312. The van der Waals surface area contributed by atoms with Gasteiger partial charge in [-0.1, -0.05) is 30.3 Å². The first-order valence-corrected chi connectivity index (χ1v) is 7.40. The molecule has 0 bridgehead atoms. The molecule has 0 N–H and O–H groups in total. The Bertz CT molecular complexity index is 599. The van der Waals surface area contributed by atoms with E-state index in [1.807, 2.05) is 17.5 Å². The number of carbonyl (C=O) groups is 1. The van der Waals surface area contributed by atoms with Gasteiger partial charge in [0.15, 0.2) is 5.78 Å². The maximum Gasteiger partial charge on any atom is 0.176 e. The molecule has 90 valence electrons. The first-order valence-electron chi connectivity index (χ1n) is 6.52. The first-order chi connectivity index (χ1) is 8.86. The fourth-order valence-corrected chi connectivity index (χ4v) is 4.22. The third-order valence-corrected chi connectivity index (χ3v) is 5.28. The molecular weight excluding hydrogens is 240 g/mol. The van der Waals surface area contributed by atoms with Crippen molar-refractivity contribution >= 4 is 17.1 Å². The van der Waals surface area contributed by atoms with Crippen LogP contribution in [0.25, 0.3) is 0 Å². The molecule has 1 nitrogen and oxygen atoms in total. The van der Waals surface area contributed by atoms with E-state index in [4.69, 9.17) is 0 Å². The van der Waals surface area contributed by atoms with Crippen LogP contribution in [0, 0.1) is 11.8 Å². The van der Waals surface area contributed by atoms with Gasteiger partial charge in [0.25, 0.3) is 0 Å². The molecule has 1 aromatic carbocycles. The second-order valence-electron chi connectivity index (χ2n) is 5.29. The Kier molecular flexibility index (Phi) is 2.21. The van der Waals surface area contributed by atoms with Gasteiger partial charge < -0.3 is 0 Å². The summed E-state index contributed by atoms with van der Waals surface area (Å²) < 4.78 is 0. The molecular formula is C16H14OS.